The van der Waals surface area contributed by atoms with E-state index in [-0.39, 0.29) is 11.7 Å². The number of nitrogens with one attached hydrogen (secondary N) is 1. The van der Waals surface area contributed by atoms with E-state index >= 15 is 0 Å². The topological polar surface area (TPSA) is 84.6 Å². The van der Waals surface area contributed by atoms with Gasteiger partial charge in [0.15, 0.2) is 0 Å². The standard InChI is InChI=1S/C14H14N2O3/c1-19-13-6-5-9(15)7-12(13)14(18)16-10-3-2-4-11(17)8-10/h2-8,17H,15H2,1H3,(H,16,18). The number of ether oxygens (including phenoxy) is 1. The number of hydrogen-bond donors (Lipinski definition) is 3. The van der Waals surface area contributed by atoms with Crippen LogP contribution in [0.1, 0.15) is 10.4 Å². The molecule has 0 aliphatic carbocycles. The van der Waals surface area contributed by atoms with E-state index in [0.717, 1.165) is 0 Å². The second kappa shape index (κ2) is 5.30. The second-order valence-corrected chi connectivity index (χ2v) is 3.96. The van der Waals surface area contributed by atoms with Crippen molar-refractivity contribution < 1.29 is 14.6 Å². The number of aromatic hydroxyl groups is 1. The molecule has 0 unspecified atom stereocenters. The van der Waals surface area contributed by atoms with Crippen LogP contribution in [0.15, 0.2) is 42.5 Å². The van der Waals surface area contributed by atoms with Crippen molar-refractivity contribution in [1.29, 1.82) is 0 Å². The van der Waals surface area contributed by atoms with Gasteiger partial charge in [-0.25, -0.2) is 0 Å². The SMILES string of the molecule is COc1ccc(N)cc1C(=O)Nc1cccc(O)c1. The molecule has 0 bridgehead atoms. The first-order chi connectivity index (χ1) is 9.10. The van der Waals surface area contributed by atoms with Crippen molar-refractivity contribution in [3.05, 3.63) is 48.0 Å². The van der Waals surface area contributed by atoms with E-state index < -0.39 is 0 Å². The fraction of sp³-hybridized carbons (Fsp3) is 0.0714. The molecular formula is C14H14N2O3. The van der Waals surface area contributed by atoms with Gasteiger partial charge in [0.05, 0.1) is 12.7 Å². The summed E-state index contributed by atoms with van der Waals surface area (Å²) < 4.78 is 5.12. The molecule has 2 aromatic carbocycles. The number of amides is 1. The summed E-state index contributed by atoms with van der Waals surface area (Å²) in [5.74, 6) is 0.166. The van der Waals surface area contributed by atoms with Gasteiger partial charge in [0.2, 0.25) is 0 Å². The third-order valence-corrected chi connectivity index (χ3v) is 2.57. The van der Waals surface area contributed by atoms with Gasteiger partial charge in [-0.3, -0.25) is 4.79 Å². The van der Waals surface area contributed by atoms with Gasteiger partial charge in [0.25, 0.3) is 5.91 Å². The molecular weight excluding hydrogens is 244 g/mol. The van der Waals surface area contributed by atoms with Crippen molar-refractivity contribution in [3.8, 4) is 11.5 Å². The Hall–Kier alpha value is -2.69. The molecule has 0 aromatic heterocycles. The van der Waals surface area contributed by atoms with Crippen LogP contribution in [0, 0.1) is 0 Å². The Bertz CT molecular complexity index is 611. The summed E-state index contributed by atoms with van der Waals surface area (Å²) in [4.78, 5) is 12.1. The Kier molecular flexibility index (Phi) is 3.56. The highest BCUT2D eigenvalue weighted by Crippen LogP contribution is 2.23. The minimum Gasteiger partial charge on any atom is -0.508 e. The van der Waals surface area contributed by atoms with Gasteiger partial charge in [-0.2, -0.15) is 0 Å². The van der Waals surface area contributed by atoms with Crippen LogP contribution >= 0.6 is 0 Å². The van der Waals surface area contributed by atoms with E-state index in [9.17, 15) is 9.90 Å². The Morgan fingerprint density at radius 3 is 2.74 bits per heavy atom. The summed E-state index contributed by atoms with van der Waals surface area (Å²) in [5.41, 5.74) is 6.97. The van der Waals surface area contributed by atoms with E-state index in [2.05, 4.69) is 5.32 Å². The molecule has 0 saturated carbocycles. The average Bonchev–Trinajstić information content (AvgIpc) is 2.38. The van der Waals surface area contributed by atoms with Gasteiger partial charge in [0.1, 0.15) is 11.5 Å². The third kappa shape index (κ3) is 2.95. The van der Waals surface area contributed by atoms with Crippen LogP contribution in [-0.2, 0) is 0 Å². The first kappa shape index (κ1) is 12.8. The predicted octanol–water partition coefficient (Wildman–Crippen LogP) is 2.24. The monoisotopic (exact) mass is 258 g/mol. The molecule has 98 valence electrons. The van der Waals surface area contributed by atoms with Crippen molar-refractivity contribution in [2.24, 2.45) is 0 Å². The lowest BCUT2D eigenvalue weighted by molar-refractivity contribution is 0.102. The molecule has 2 aromatic rings. The van der Waals surface area contributed by atoms with E-state index in [1.807, 2.05) is 0 Å². The number of carbonyl (C=O) groups excluding carboxylic acids is 1. The van der Waals surface area contributed by atoms with Crippen LogP contribution in [0.5, 0.6) is 11.5 Å². The average molecular weight is 258 g/mol. The number of methoxy groups -OCH3 is 1. The van der Waals surface area contributed by atoms with Gasteiger partial charge >= 0.3 is 0 Å². The lowest BCUT2D eigenvalue weighted by Crippen LogP contribution is -2.13. The molecule has 0 aliphatic rings. The maximum atomic E-state index is 12.1. The summed E-state index contributed by atoms with van der Waals surface area (Å²) in [7, 11) is 1.48. The lowest BCUT2D eigenvalue weighted by atomic mass is 10.1. The molecule has 2 rings (SSSR count). The minimum absolute atomic E-state index is 0.0809. The van der Waals surface area contributed by atoms with Gasteiger partial charge in [-0.15, -0.1) is 0 Å². The van der Waals surface area contributed by atoms with E-state index in [1.165, 1.54) is 25.3 Å². The van der Waals surface area contributed by atoms with Crippen LogP contribution in [0.25, 0.3) is 0 Å². The minimum atomic E-state index is -0.352. The summed E-state index contributed by atoms with van der Waals surface area (Å²) in [6.07, 6.45) is 0. The zero-order valence-electron chi connectivity index (χ0n) is 10.4. The fourth-order valence-corrected chi connectivity index (χ4v) is 1.69. The molecule has 0 saturated heterocycles. The number of phenolic OH excluding ortho intramolecular Hbond substituents is 1. The first-order valence-corrected chi connectivity index (χ1v) is 5.64. The Balaban J connectivity index is 2.27. The summed E-state index contributed by atoms with van der Waals surface area (Å²) in [5, 5.41) is 12.0. The Labute approximate surface area is 110 Å². The zero-order valence-corrected chi connectivity index (χ0v) is 10.4. The van der Waals surface area contributed by atoms with Crippen molar-refractivity contribution in [2.45, 2.75) is 0 Å². The number of nitrogen functional groups attached to an aromatic ring is 1. The first-order valence-electron chi connectivity index (χ1n) is 5.64. The van der Waals surface area contributed by atoms with Crippen LogP contribution < -0.4 is 15.8 Å². The number of hydrogen-bond acceptors (Lipinski definition) is 4. The molecule has 5 heteroatoms. The molecule has 0 atom stereocenters. The van der Waals surface area contributed by atoms with Crippen LogP contribution in [-0.4, -0.2) is 18.1 Å². The van der Waals surface area contributed by atoms with E-state index in [4.69, 9.17) is 10.5 Å². The van der Waals surface area contributed by atoms with Crippen LogP contribution in [0.3, 0.4) is 0 Å². The highest BCUT2D eigenvalue weighted by Gasteiger charge is 2.13. The lowest BCUT2D eigenvalue weighted by Gasteiger charge is -2.10. The van der Waals surface area contributed by atoms with Crippen LogP contribution in [0.4, 0.5) is 11.4 Å². The predicted molar refractivity (Wildman–Crippen MR) is 73.5 cm³/mol. The number of carbonyl (C=O) groups is 1. The van der Waals surface area contributed by atoms with E-state index in [1.54, 1.807) is 24.3 Å². The maximum absolute atomic E-state index is 12.1. The number of benzene rings is 2. The molecule has 1 amide bonds. The smallest absolute Gasteiger partial charge is 0.259 e. The highest BCUT2D eigenvalue weighted by atomic mass is 16.5. The number of nitrogens with two attached hydrogens (primary N) is 1. The maximum Gasteiger partial charge on any atom is 0.259 e. The molecule has 0 aliphatic heterocycles. The van der Waals surface area contributed by atoms with Gasteiger partial charge < -0.3 is 20.9 Å². The number of anilines is 2. The quantitative estimate of drug-likeness (QED) is 0.737. The van der Waals surface area contributed by atoms with Crippen LogP contribution in [0.2, 0.25) is 0 Å². The number of rotatable bonds is 3. The Morgan fingerprint density at radius 1 is 1.26 bits per heavy atom. The van der Waals surface area contributed by atoms with Gasteiger partial charge in [-0.05, 0) is 30.3 Å². The van der Waals surface area contributed by atoms with Crippen molar-refractivity contribution >= 4 is 17.3 Å². The van der Waals surface area contributed by atoms with Crippen molar-refractivity contribution in [2.75, 3.05) is 18.2 Å². The van der Waals surface area contributed by atoms with Gasteiger partial charge in [-0.1, -0.05) is 6.07 Å². The van der Waals surface area contributed by atoms with Crippen molar-refractivity contribution in [1.82, 2.24) is 0 Å². The van der Waals surface area contributed by atoms with E-state index in [0.29, 0.717) is 22.7 Å². The molecule has 4 N–H and O–H groups in total. The fourth-order valence-electron chi connectivity index (χ4n) is 1.69. The second-order valence-electron chi connectivity index (χ2n) is 3.96. The summed E-state index contributed by atoms with van der Waals surface area (Å²) in [6, 6.07) is 11.1. The normalized spacial score (nSPS) is 9.95. The molecule has 19 heavy (non-hydrogen) atoms. The largest absolute Gasteiger partial charge is 0.508 e. The molecule has 5 nitrogen and oxygen atoms in total. The molecule has 0 fully saturated rings. The summed E-state index contributed by atoms with van der Waals surface area (Å²) >= 11 is 0. The number of phenols is 1. The van der Waals surface area contributed by atoms with Crippen molar-refractivity contribution in [3.63, 3.8) is 0 Å². The Morgan fingerprint density at radius 2 is 2.05 bits per heavy atom. The zero-order chi connectivity index (χ0) is 13.8. The third-order valence-electron chi connectivity index (χ3n) is 2.57. The molecule has 0 radical (unpaired) electrons. The summed E-state index contributed by atoms with van der Waals surface area (Å²) in [6.45, 7) is 0. The highest BCUT2D eigenvalue weighted by molar-refractivity contribution is 6.06. The molecule has 0 heterocycles. The van der Waals surface area contributed by atoms with Gasteiger partial charge in [0, 0.05) is 17.4 Å². The molecule has 0 spiro atoms.